The van der Waals surface area contributed by atoms with E-state index in [4.69, 9.17) is 5.73 Å². The second kappa shape index (κ2) is 2.48. The molecule has 0 bridgehead atoms. The number of rotatable bonds is 0. The molecular weight excluding hydrogens is 218 g/mol. The Labute approximate surface area is 78.3 Å². The van der Waals surface area contributed by atoms with Gasteiger partial charge in [-0.25, -0.2) is 4.98 Å². The molecule has 0 saturated carbocycles. The Hall–Kier alpha value is -1.03. The van der Waals surface area contributed by atoms with Gasteiger partial charge in [0.1, 0.15) is 11.5 Å². The number of aromatic nitrogens is 2. The number of fused-ring (bicyclic) bond motifs is 1. The van der Waals surface area contributed by atoms with Crippen molar-refractivity contribution in [2.24, 2.45) is 7.05 Å². The van der Waals surface area contributed by atoms with Crippen molar-refractivity contribution < 1.29 is 0 Å². The van der Waals surface area contributed by atoms with Crippen molar-refractivity contribution in [3.63, 3.8) is 0 Å². The van der Waals surface area contributed by atoms with E-state index in [9.17, 15) is 0 Å². The van der Waals surface area contributed by atoms with Crippen LogP contribution in [-0.4, -0.2) is 9.55 Å². The zero-order valence-corrected chi connectivity index (χ0v) is 8.17. The molecule has 0 aromatic carbocycles. The van der Waals surface area contributed by atoms with Crippen LogP contribution < -0.4 is 5.73 Å². The molecule has 0 aliphatic heterocycles. The molecule has 3 nitrogen and oxygen atoms in total. The molecule has 62 valence electrons. The molecule has 2 aromatic heterocycles. The maximum Gasteiger partial charge on any atom is 0.142 e. The Morgan fingerprint density at radius 2 is 2.33 bits per heavy atom. The minimum absolute atomic E-state index is 0.532. The normalized spacial score (nSPS) is 10.8. The third-order valence-electron chi connectivity index (χ3n) is 1.82. The Bertz CT molecular complexity index is 433. The Kier molecular flexibility index (Phi) is 1.58. The number of nitrogen functional groups attached to an aromatic ring is 1. The molecule has 2 heterocycles. The van der Waals surface area contributed by atoms with Gasteiger partial charge < -0.3 is 10.3 Å². The lowest BCUT2D eigenvalue weighted by atomic mass is 10.3. The molecule has 0 radical (unpaired) electrons. The highest BCUT2D eigenvalue weighted by Gasteiger charge is 2.03. The molecule has 0 saturated heterocycles. The number of pyridine rings is 1. The fourth-order valence-corrected chi connectivity index (χ4v) is 1.51. The van der Waals surface area contributed by atoms with Crippen molar-refractivity contribution in [2.45, 2.75) is 0 Å². The fourth-order valence-electron chi connectivity index (χ4n) is 1.17. The second-order valence-corrected chi connectivity index (χ2v) is 3.55. The van der Waals surface area contributed by atoms with Gasteiger partial charge in [0.2, 0.25) is 0 Å². The molecule has 0 unspecified atom stereocenters. The van der Waals surface area contributed by atoms with Gasteiger partial charge in [-0.15, -0.1) is 0 Å². The zero-order chi connectivity index (χ0) is 8.72. The minimum atomic E-state index is 0.532. The van der Waals surface area contributed by atoms with Crippen molar-refractivity contribution in [1.29, 1.82) is 0 Å². The van der Waals surface area contributed by atoms with Gasteiger partial charge >= 0.3 is 0 Å². The van der Waals surface area contributed by atoms with Crippen molar-refractivity contribution >= 4 is 32.8 Å². The summed E-state index contributed by atoms with van der Waals surface area (Å²) < 4.78 is 2.79. The molecule has 2 rings (SSSR count). The van der Waals surface area contributed by atoms with Crippen LogP contribution in [0.5, 0.6) is 0 Å². The first-order chi connectivity index (χ1) is 5.68. The van der Waals surface area contributed by atoms with Crippen LogP contribution in [-0.2, 0) is 7.05 Å². The Morgan fingerprint density at radius 3 is 3.08 bits per heavy atom. The van der Waals surface area contributed by atoms with Crippen molar-refractivity contribution in [3.05, 3.63) is 22.8 Å². The lowest BCUT2D eigenvalue weighted by Gasteiger charge is -1.98. The molecule has 0 aliphatic rings. The molecule has 0 fully saturated rings. The highest BCUT2D eigenvalue weighted by molar-refractivity contribution is 9.10. The smallest absolute Gasteiger partial charge is 0.142 e. The van der Waals surface area contributed by atoms with E-state index in [1.165, 1.54) is 0 Å². The standard InChI is InChI=1S/C8H8BrN3/c1-12-3-2-5-4-6(9)7(10)11-8(5)12/h2-4H,1H3,(H2,10,11). The first-order valence-corrected chi connectivity index (χ1v) is 4.35. The summed E-state index contributed by atoms with van der Waals surface area (Å²) in [6.45, 7) is 0. The lowest BCUT2D eigenvalue weighted by molar-refractivity contribution is 0.949. The molecule has 4 heteroatoms. The number of nitrogens with two attached hydrogens (primary N) is 1. The van der Waals surface area contributed by atoms with E-state index < -0.39 is 0 Å². The highest BCUT2D eigenvalue weighted by Crippen LogP contribution is 2.22. The summed E-state index contributed by atoms with van der Waals surface area (Å²) in [6, 6.07) is 3.98. The lowest BCUT2D eigenvalue weighted by Crippen LogP contribution is -1.94. The first kappa shape index (κ1) is 7.61. The molecule has 12 heavy (non-hydrogen) atoms. The number of nitrogens with zero attached hydrogens (tertiary/aromatic N) is 2. The predicted molar refractivity (Wildman–Crippen MR) is 52.8 cm³/mol. The fraction of sp³-hybridized carbons (Fsp3) is 0.125. The molecule has 0 aliphatic carbocycles. The van der Waals surface area contributed by atoms with E-state index in [1.807, 2.05) is 29.9 Å². The summed E-state index contributed by atoms with van der Waals surface area (Å²) in [6.07, 6.45) is 1.96. The van der Waals surface area contributed by atoms with E-state index in [-0.39, 0.29) is 0 Å². The van der Waals surface area contributed by atoms with Gasteiger partial charge in [-0.3, -0.25) is 0 Å². The van der Waals surface area contributed by atoms with Crippen LogP contribution in [0, 0.1) is 0 Å². The summed E-state index contributed by atoms with van der Waals surface area (Å²) in [5.74, 6) is 0.532. The zero-order valence-electron chi connectivity index (χ0n) is 6.58. The average molecular weight is 226 g/mol. The van der Waals surface area contributed by atoms with E-state index in [2.05, 4.69) is 20.9 Å². The number of anilines is 1. The van der Waals surface area contributed by atoms with Crippen LogP contribution in [0.15, 0.2) is 22.8 Å². The average Bonchev–Trinajstić information content (AvgIpc) is 2.35. The Morgan fingerprint density at radius 1 is 1.58 bits per heavy atom. The molecule has 2 aromatic rings. The van der Waals surface area contributed by atoms with Gasteiger partial charge in [-0.1, -0.05) is 0 Å². The van der Waals surface area contributed by atoms with Gasteiger partial charge in [0, 0.05) is 18.6 Å². The van der Waals surface area contributed by atoms with E-state index in [0.717, 1.165) is 15.5 Å². The quantitative estimate of drug-likeness (QED) is 0.745. The number of halogens is 1. The second-order valence-electron chi connectivity index (χ2n) is 2.69. The van der Waals surface area contributed by atoms with Gasteiger partial charge in [0.15, 0.2) is 0 Å². The SMILES string of the molecule is Cn1ccc2cc(Br)c(N)nc21. The maximum atomic E-state index is 5.64. The number of hydrogen-bond donors (Lipinski definition) is 1. The minimum Gasteiger partial charge on any atom is -0.383 e. The third kappa shape index (κ3) is 0.992. The van der Waals surface area contributed by atoms with Crippen LogP contribution in [0.3, 0.4) is 0 Å². The van der Waals surface area contributed by atoms with Crippen LogP contribution >= 0.6 is 15.9 Å². The molecular formula is C8H8BrN3. The van der Waals surface area contributed by atoms with E-state index in [1.54, 1.807) is 0 Å². The molecule has 2 N–H and O–H groups in total. The monoisotopic (exact) mass is 225 g/mol. The van der Waals surface area contributed by atoms with Gasteiger partial charge in [-0.2, -0.15) is 0 Å². The summed E-state index contributed by atoms with van der Waals surface area (Å²) in [5, 5.41) is 1.10. The van der Waals surface area contributed by atoms with Crippen LogP contribution in [0.1, 0.15) is 0 Å². The molecule has 0 spiro atoms. The largest absolute Gasteiger partial charge is 0.383 e. The molecule has 0 amide bonds. The van der Waals surface area contributed by atoms with Gasteiger partial charge in [-0.05, 0) is 28.1 Å². The topological polar surface area (TPSA) is 43.8 Å². The van der Waals surface area contributed by atoms with Crippen LogP contribution in [0.2, 0.25) is 0 Å². The van der Waals surface area contributed by atoms with Crippen molar-refractivity contribution in [3.8, 4) is 0 Å². The summed E-state index contributed by atoms with van der Waals surface area (Å²) >= 11 is 3.33. The van der Waals surface area contributed by atoms with Gasteiger partial charge in [0.05, 0.1) is 4.47 Å². The Balaban J connectivity index is 2.87. The first-order valence-electron chi connectivity index (χ1n) is 3.55. The summed E-state index contributed by atoms with van der Waals surface area (Å²) in [5.41, 5.74) is 6.56. The third-order valence-corrected chi connectivity index (χ3v) is 2.46. The number of hydrogen-bond acceptors (Lipinski definition) is 2. The van der Waals surface area contributed by atoms with Crippen molar-refractivity contribution in [1.82, 2.24) is 9.55 Å². The number of aryl methyl sites for hydroxylation is 1. The van der Waals surface area contributed by atoms with Crippen molar-refractivity contribution in [2.75, 3.05) is 5.73 Å². The summed E-state index contributed by atoms with van der Waals surface area (Å²) in [4.78, 5) is 4.23. The van der Waals surface area contributed by atoms with Crippen LogP contribution in [0.25, 0.3) is 11.0 Å². The van der Waals surface area contributed by atoms with E-state index in [0.29, 0.717) is 5.82 Å². The van der Waals surface area contributed by atoms with Gasteiger partial charge in [0.25, 0.3) is 0 Å². The van der Waals surface area contributed by atoms with E-state index >= 15 is 0 Å². The van der Waals surface area contributed by atoms with Crippen LogP contribution in [0.4, 0.5) is 5.82 Å². The summed E-state index contributed by atoms with van der Waals surface area (Å²) in [7, 11) is 1.95. The highest BCUT2D eigenvalue weighted by atomic mass is 79.9. The molecule has 0 atom stereocenters. The predicted octanol–water partition coefficient (Wildman–Crippen LogP) is 1.92. The maximum absolute atomic E-state index is 5.64.